The number of nitrogens with one attached hydrogen (secondary N) is 1. The molecule has 1 heterocycles. The summed E-state index contributed by atoms with van der Waals surface area (Å²) in [6.45, 7) is 0. The summed E-state index contributed by atoms with van der Waals surface area (Å²) in [7, 11) is 1.33. The topological polar surface area (TPSA) is 78.8 Å². The number of methoxy groups -OCH3 is 1. The first-order valence-electron chi connectivity index (χ1n) is 3.94. The van der Waals surface area contributed by atoms with Crippen molar-refractivity contribution in [2.45, 2.75) is 6.42 Å². The number of hydrogen-bond donors (Lipinski definition) is 1. The van der Waals surface area contributed by atoms with Crippen molar-refractivity contribution < 1.29 is 9.53 Å². The highest BCUT2D eigenvalue weighted by Gasteiger charge is 2.00. The van der Waals surface area contributed by atoms with Crippen LogP contribution in [0.5, 0.6) is 0 Å². The molecule has 0 aliphatic rings. The summed E-state index contributed by atoms with van der Waals surface area (Å²) in [6, 6.07) is 1.94. The van der Waals surface area contributed by atoms with Crippen molar-refractivity contribution in [3.63, 3.8) is 0 Å². The molecule has 0 saturated heterocycles. The number of esters is 1. The van der Waals surface area contributed by atoms with Crippen LogP contribution in [0, 0.1) is 11.3 Å². The highest BCUT2D eigenvalue weighted by molar-refractivity contribution is 5.72. The fraction of sp³-hybridized carbons (Fsp3) is 0.222. The van der Waals surface area contributed by atoms with Crippen LogP contribution in [0.2, 0.25) is 0 Å². The quantitative estimate of drug-likeness (QED) is 0.718. The van der Waals surface area contributed by atoms with Crippen LogP contribution < -0.4 is 0 Å². The Morgan fingerprint density at radius 1 is 1.86 bits per heavy atom. The fourth-order valence-corrected chi connectivity index (χ4v) is 0.877. The van der Waals surface area contributed by atoms with Crippen LogP contribution in [0.1, 0.15) is 17.7 Å². The van der Waals surface area contributed by atoms with E-state index in [4.69, 9.17) is 5.26 Å². The van der Waals surface area contributed by atoms with Crippen LogP contribution in [0.15, 0.2) is 12.3 Å². The van der Waals surface area contributed by atoms with Gasteiger partial charge in [0, 0.05) is 5.56 Å². The molecule has 1 rings (SSSR count). The second-order valence-electron chi connectivity index (χ2n) is 2.49. The first-order chi connectivity index (χ1) is 6.77. The molecule has 0 aromatic carbocycles. The van der Waals surface area contributed by atoms with Gasteiger partial charge >= 0.3 is 5.97 Å². The van der Waals surface area contributed by atoms with Crippen molar-refractivity contribution in [2.24, 2.45) is 0 Å². The molecular formula is C9H9N3O2. The first-order valence-corrected chi connectivity index (χ1v) is 3.94. The van der Waals surface area contributed by atoms with Crippen molar-refractivity contribution in [1.82, 2.24) is 10.2 Å². The molecule has 0 fully saturated rings. The van der Waals surface area contributed by atoms with E-state index in [1.165, 1.54) is 13.3 Å². The van der Waals surface area contributed by atoms with Gasteiger partial charge in [-0.2, -0.15) is 10.4 Å². The fourth-order valence-electron chi connectivity index (χ4n) is 0.877. The maximum Gasteiger partial charge on any atom is 0.309 e. The number of nitriles is 1. The Bertz CT molecular complexity index is 387. The Kier molecular flexibility index (Phi) is 3.44. The maximum atomic E-state index is 10.7. The third-order valence-corrected chi connectivity index (χ3v) is 1.59. The number of aromatic amines is 1. The third-order valence-electron chi connectivity index (χ3n) is 1.59. The van der Waals surface area contributed by atoms with Gasteiger partial charge in [0.1, 0.15) is 11.8 Å². The van der Waals surface area contributed by atoms with Crippen LogP contribution in [0.4, 0.5) is 0 Å². The zero-order chi connectivity index (χ0) is 10.4. The molecule has 0 unspecified atom stereocenters. The molecule has 1 aromatic heterocycles. The molecule has 0 aliphatic carbocycles. The second-order valence-corrected chi connectivity index (χ2v) is 2.49. The van der Waals surface area contributed by atoms with E-state index in [2.05, 4.69) is 14.9 Å². The lowest BCUT2D eigenvalue weighted by molar-refractivity contribution is -0.139. The molecule has 0 spiro atoms. The molecule has 0 bridgehead atoms. The van der Waals surface area contributed by atoms with Gasteiger partial charge in [0.05, 0.1) is 19.7 Å². The van der Waals surface area contributed by atoms with Crippen molar-refractivity contribution >= 4 is 12.0 Å². The lowest BCUT2D eigenvalue weighted by Crippen LogP contribution is -1.96. The van der Waals surface area contributed by atoms with E-state index in [1.807, 2.05) is 6.07 Å². The summed E-state index contributed by atoms with van der Waals surface area (Å²) in [5.41, 5.74) is 1.04. The van der Waals surface area contributed by atoms with Gasteiger partial charge in [-0.3, -0.25) is 9.89 Å². The standard InChI is InChI=1S/C9H9N3O2/c1-14-9(13)4-2-3-7-6-11-12-8(7)5-10/h2-3,6H,4H2,1H3,(H,11,12). The Morgan fingerprint density at radius 2 is 2.64 bits per heavy atom. The third kappa shape index (κ3) is 2.45. The smallest absolute Gasteiger partial charge is 0.309 e. The Labute approximate surface area is 81.0 Å². The predicted molar refractivity (Wildman–Crippen MR) is 49.0 cm³/mol. The number of rotatable bonds is 3. The largest absolute Gasteiger partial charge is 0.469 e. The molecule has 1 N–H and O–H groups in total. The predicted octanol–water partition coefficient (Wildman–Crippen LogP) is 0.858. The number of nitrogens with zero attached hydrogens (tertiary/aromatic N) is 2. The maximum absolute atomic E-state index is 10.7. The molecule has 0 radical (unpaired) electrons. The van der Waals surface area contributed by atoms with Gasteiger partial charge in [0.15, 0.2) is 0 Å². The molecule has 0 amide bonds. The number of H-pyrrole nitrogens is 1. The van der Waals surface area contributed by atoms with Gasteiger partial charge < -0.3 is 4.74 Å². The van der Waals surface area contributed by atoms with E-state index in [-0.39, 0.29) is 12.4 Å². The average Bonchev–Trinajstić information content (AvgIpc) is 2.65. The van der Waals surface area contributed by atoms with Crippen molar-refractivity contribution in [2.75, 3.05) is 7.11 Å². The van der Waals surface area contributed by atoms with Gasteiger partial charge in [-0.1, -0.05) is 12.2 Å². The van der Waals surface area contributed by atoms with Crippen molar-refractivity contribution in [3.8, 4) is 6.07 Å². The van der Waals surface area contributed by atoms with Crippen LogP contribution in [-0.2, 0) is 9.53 Å². The molecule has 5 heteroatoms. The van der Waals surface area contributed by atoms with Gasteiger partial charge in [-0.05, 0) is 0 Å². The minimum absolute atomic E-state index is 0.187. The lowest BCUT2D eigenvalue weighted by atomic mass is 10.2. The minimum Gasteiger partial charge on any atom is -0.469 e. The van der Waals surface area contributed by atoms with Gasteiger partial charge in [-0.25, -0.2) is 0 Å². The zero-order valence-electron chi connectivity index (χ0n) is 7.65. The summed E-state index contributed by atoms with van der Waals surface area (Å²) in [6.07, 6.45) is 4.98. The van der Waals surface area contributed by atoms with Gasteiger partial charge in [-0.15, -0.1) is 0 Å². The highest BCUT2D eigenvalue weighted by Crippen LogP contribution is 2.05. The number of carbonyl (C=O) groups is 1. The number of ether oxygens (including phenoxy) is 1. The van der Waals surface area contributed by atoms with E-state index < -0.39 is 0 Å². The van der Waals surface area contributed by atoms with E-state index in [0.29, 0.717) is 11.3 Å². The molecule has 0 saturated carbocycles. The molecule has 14 heavy (non-hydrogen) atoms. The van der Waals surface area contributed by atoms with Gasteiger partial charge in [0.2, 0.25) is 0 Å². The Hall–Kier alpha value is -2.09. The Morgan fingerprint density at radius 3 is 3.29 bits per heavy atom. The molecule has 1 aromatic rings. The summed E-state index contributed by atoms with van der Waals surface area (Å²) in [5, 5.41) is 14.8. The minimum atomic E-state index is -0.316. The van der Waals surface area contributed by atoms with Crippen molar-refractivity contribution in [1.29, 1.82) is 5.26 Å². The molecule has 0 atom stereocenters. The molecule has 0 aliphatic heterocycles. The monoisotopic (exact) mass is 191 g/mol. The summed E-state index contributed by atoms with van der Waals surface area (Å²) in [4.78, 5) is 10.7. The second kappa shape index (κ2) is 4.82. The summed E-state index contributed by atoms with van der Waals surface area (Å²) < 4.78 is 4.45. The van der Waals surface area contributed by atoms with E-state index in [9.17, 15) is 4.79 Å². The van der Waals surface area contributed by atoms with E-state index in [1.54, 1.807) is 12.2 Å². The number of hydrogen-bond acceptors (Lipinski definition) is 4. The lowest BCUT2D eigenvalue weighted by Gasteiger charge is -1.91. The molecular weight excluding hydrogens is 182 g/mol. The SMILES string of the molecule is COC(=O)CC=Cc1cn[nH]c1C#N. The van der Waals surface area contributed by atoms with Crippen LogP contribution >= 0.6 is 0 Å². The molecule has 72 valence electrons. The number of carbonyl (C=O) groups excluding carboxylic acids is 1. The summed E-state index contributed by atoms with van der Waals surface area (Å²) in [5.74, 6) is -0.316. The van der Waals surface area contributed by atoms with E-state index in [0.717, 1.165) is 0 Å². The zero-order valence-corrected chi connectivity index (χ0v) is 7.65. The van der Waals surface area contributed by atoms with Gasteiger partial charge in [0.25, 0.3) is 0 Å². The molecule has 5 nitrogen and oxygen atoms in total. The van der Waals surface area contributed by atoms with Crippen molar-refractivity contribution in [3.05, 3.63) is 23.5 Å². The highest BCUT2D eigenvalue weighted by atomic mass is 16.5. The van der Waals surface area contributed by atoms with Crippen LogP contribution in [0.25, 0.3) is 6.08 Å². The Balaban J connectivity index is 2.61. The average molecular weight is 191 g/mol. The normalized spacial score (nSPS) is 10.0. The van der Waals surface area contributed by atoms with E-state index >= 15 is 0 Å². The van der Waals surface area contributed by atoms with Crippen LogP contribution in [-0.4, -0.2) is 23.3 Å². The first kappa shape index (κ1) is 9.99. The summed E-state index contributed by atoms with van der Waals surface area (Å²) >= 11 is 0. The number of aromatic nitrogens is 2. The van der Waals surface area contributed by atoms with Crippen LogP contribution in [0.3, 0.4) is 0 Å².